The van der Waals surface area contributed by atoms with Gasteiger partial charge in [0.1, 0.15) is 11.5 Å². The van der Waals surface area contributed by atoms with Crippen molar-refractivity contribution < 1.29 is 4.79 Å². The van der Waals surface area contributed by atoms with Crippen LogP contribution in [0.3, 0.4) is 0 Å². The lowest BCUT2D eigenvalue weighted by Crippen LogP contribution is -2.14. The lowest BCUT2D eigenvalue weighted by Gasteiger charge is -2.08. The van der Waals surface area contributed by atoms with Gasteiger partial charge < -0.3 is 10.6 Å². The SMILES string of the molecule is O=C(Nc1ccc(Cl)cc1)c1cnc(Nc2ccccc2Cl)cn1. The summed E-state index contributed by atoms with van der Waals surface area (Å²) >= 11 is 11.9. The average Bonchev–Trinajstić information content (AvgIpc) is 2.59. The molecule has 2 N–H and O–H groups in total. The van der Waals surface area contributed by atoms with E-state index in [1.165, 1.54) is 12.4 Å². The molecule has 2 aromatic carbocycles. The van der Waals surface area contributed by atoms with Crippen molar-refractivity contribution in [1.29, 1.82) is 0 Å². The zero-order valence-corrected chi connectivity index (χ0v) is 13.8. The first kappa shape index (κ1) is 16.2. The lowest BCUT2D eigenvalue weighted by molar-refractivity contribution is 0.102. The summed E-state index contributed by atoms with van der Waals surface area (Å²) in [6.07, 6.45) is 2.87. The molecule has 0 bridgehead atoms. The van der Waals surface area contributed by atoms with Crippen molar-refractivity contribution in [3.63, 3.8) is 0 Å². The Kier molecular flexibility index (Phi) is 4.93. The third kappa shape index (κ3) is 4.01. The lowest BCUT2D eigenvalue weighted by atomic mass is 10.3. The van der Waals surface area contributed by atoms with Crippen molar-refractivity contribution in [2.24, 2.45) is 0 Å². The van der Waals surface area contributed by atoms with Crippen LogP contribution in [-0.2, 0) is 0 Å². The molecule has 0 fully saturated rings. The number of benzene rings is 2. The van der Waals surface area contributed by atoms with Gasteiger partial charge in [0.15, 0.2) is 0 Å². The normalized spacial score (nSPS) is 10.2. The van der Waals surface area contributed by atoms with Crippen LogP contribution in [0.5, 0.6) is 0 Å². The summed E-state index contributed by atoms with van der Waals surface area (Å²) < 4.78 is 0. The maximum atomic E-state index is 12.1. The number of hydrogen-bond acceptors (Lipinski definition) is 4. The Labute approximate surface area is 148 Å². The third-order valence-corrected chi connectivity index (χ3v) is 3.70. The van der Waals surface area contributed by atoms with E-state index in [0.717, 1.165) is 0 Å². The zero-order valence-electron chi connectivity index (χ0n) is 12.3. The highest BCUT2D eigenvalue weighted by Gasteiger charge is 2.09. The minimum absolute atomic E-state index is 0.203. The van der Waals surface area contributed by atoms with E-state index >= 15 is 0 Å². The van der Waals surface area contributed by atoms with E-state index in [0.29, 0.717) is 27.2 Å². The monoisotopic (exact) mass is 358 g/mol. The first-order valence-electron chi connectivity index (χ1n) is 7.02. The minimum Gasteiger partial charge on any atom is -0.338 e. The van der Waals surface area contributed by atoms with E-state index in [1.54, 1.807) is 30.3 Å². The van der Waals surface area contributed by atoms with Gasteiger partial charge in [-0.15, -0.1) is 0 Å². The van der Waals surface area contributed by atoms with Gasteiger partial charge in [0.2, 0.25) is 0 Å². The van der Waals surface area contributed by atoms with E-state index in [-0.39, 0.29) is 11.6 Å². The van der Waals surface area contributed by atoms with Gasteiger partial charge in [-0.05, 0) is 36.4 Å². The molecule has 0 atom stereocenters. The molecule has 0 aliphatic heterocycles. The molecule has 24 heavy (non-hydrogen) atoms. The molecule has 1 amide bonds. The topological polar surface area (TPSA) is 66.9 Å². The highest BCUT2D eigenvalue weighted by molar-refractivity contribution is 6.33. The van der Waals surface area contributed by atoms with Gasteiger partial charge in [0, 0.05) is 10.7 Å². The molecule has 1 aromatic heterocycles. The number of nitrogens with one attached hydrogen (secondary N) is 2. The third-order valence-electron chi connectivity index (χ3n) is 3.12. The first-order valence-corrected chi connectivity index (χ1v) is 7.78. The molecule has 3 rings (SSSR count). The highest BCUT2D eigenvalue weighted by Crippen LogP contribution is 2.23. The predicted molar refractivity (Wildman–Crippen MR) is 96.2 cm³/mol. The van der Waals surface area contributed by atoms with Gasteiger partial charge in [-0.3, -0.25) is 4.79 Å². The Balaban J connectivity index is 1.68. The van der Waals surface area contributed by atoms with Crippen LogP contribution in [-0.4, -0.2) is 15.9 Å². The molecule has 0 aliphatic rings. The van der Waals surface area contributed by atoms with Gasteiger partial charge in [-0.25, -0.2) is 9.97 Å². The van der Waals surface area contributed by atoms with Crippen molar-refractivity contribution in [2.75, 3.05) is 10.6 Å². The number of hydrogen-bond donors (Lipinski definition) is 2. The number of para-hydroxylation sites is 1. The summed E-state index contributed by atoms with van der Waals surface area (Å²) in [5.74, 6) is 0.139. The number of nitrogens with zero attached hydrogens (tertiary/aromatic N) is 2. The highest BCUT2D eigenvalue weighted by atomic mass is 35.5. The second kappa shape index (κ2) is 7.29. The van der Waals surface area contributed by atoms with Crippen molar-refractivity contribution in [3.05, 3.63) is 76.7 Å². The number of carbonyl (C=O) groups is 1. The molecule has 0 saturated carbocycles. The number of carbonyl (C=O) groups excluding carboxylic acids is 1. The maximum absolute atomic E-state index is 12.1. The largest absolute Gasteiger partial charge is 0.338 e. The van der Waals surface area contributed by atoms with E-state index in [1.807, 2.05) is 18.2 Å². The van der Waals surface area contributed by atoms with E-state index < -0.39 is 0 Å². The fraction of sp³-hybridized carbons (Fsp3) is 0. The van der Waals surface area contributed by atoms with Crippen LogP contribution < -0.4 is 10.6 Å². The van der Waals surface area contributed by atoms with Crippen molar-refractivity contribution >= 4 is 46.3 Å². The average molecular weight is 359 g/mol. The Hall–Kier alpha value is -2.63. The van der Waals surface area contributed by atoms with Crippen LogP contribution in [0.4, 0.5) is 17.2 Å². The molecule has 0 spiro atoms. The van der Waals surface area contributed by atoms with Crippen molar-refractivity contribution in [1.82, 2.24) is 9.97 Å². The van der Waals surface area contributed by atoms with E-state index in [4.69, 9.17) is 23.2 Å². The predicted octanol–water partition coefficient (Wildman–Crippen LogP) is 4.78. The van der Waals surface area contributed by atoms with Gasteiger partial charge in [-0.1, -0.05) is 35.3 Å². The molecule has 0 saturated heterocycles. The van der Waals surface area contributed by atoms with Crippen LogP contribution >= 0.6 is 23.2 Å². The van der Waals surface area contributed by atoms with Crippen LogP contribution in [0.25, 0.3) is 0 Å². The molecule has 5 nitrogen and oxygen atoms in total. The Bertz CT molecular complexity index is 851. The Morgan fingerprint density at radius 3 is 2.33 bits per heavy atom. The fourth-order valence-electron chi connectivity index (χ4n) is 1.94. The molecule has 0 unspecified atom stereocenters. The molecular formula is C17H12Cl2N4O. The fourth-order valence-corrected chi connectivity index (χ4v) is 2.25. The number of rotatable bonds is 4. The molecule has 7 heteroatoms. The summed E-state index contributed by atoms with van der Waals surface area (Å²) in [4.78, 5) is 20.4. The van der Waals surface area contributed by atoms with Gasteiger partial charge in [0.25, 0.3) is 5.91 Å². The van der Waals surface area contributed by atoms with Crippen LogP contribution in [0.2, 0.25) is 10.0 Å². The Morgan fingerprint density at radius 2 is 1.67 bits per heavy atom. The Morgan fingerprint density at radius 1 is 0.917 bits per heavy atom. The standard InChI is InChI=1S/C17H12Cl2N4O/c18-11-5-7-12(8-6-11)22-17(24)15-9-21-16(10-20-15)23-14-4-2-1-3-13(14)19/h1-10H,(H,21,23)(H,22,24). The molecule has 0 aliphatic carbocycles. The molecule has 1 heterocycles. The smallest absolute Gasteiger partial charge is 0.275 e. The molecule has 3 aromatic rings. The zero-order chi connectivity index (χ0) is 16.9. The summed E-state index contributed by atoms with van der Waals surface area (Å²) in [5, 5.41) is 6.94. The number of aromatic nitrogens is 2. The van der Waals surface area contributed by atoms with E-state index in [9.17, 15) is 4.79 Å². The molecule has 120 valence electrons. The molecular weight excluding hydrogens is 347 g/mol. The number of amides is 1. The second-order valence-corrected chi connectivity index (χ2v) is 5.70. The minimum atomic E-state index is -0.353. The van der Waals surface area contributed by atoms with Gasteiger partial charge in [0.05, 0.1) is 23.1 Å². The van der Waals surface area contributed by atoms with Gasteiger partial charge >= 0.3 is 0 Å². The number of halogens is 2. The van der Waals surface area contributed by atoms with Gasteiger partial charge in [-0.2, -0.15) is 0 Å². The second-order valence-electron chi connectivity index (χ2n) is 4.85. The van der Waals surface area contributed by atoms with Crippen LogP contribution in [0.15, 0.2) is 60.9 Å². The van der Waals surface area contributed by atoms with E-state index in [2.05, 4.69) is 20.6 Å². The molecule has 0 radical (unpaired) electrons. The summed E-state index contributed by atoms with van der Waals surface area (Å²) in [6, 6.07) is 14.1. The van der Waals surface area contributed by atoms with Crippen molar-refractivity contribution in [3.8, 4) is 0 Å². The summed E-state index contributed by atoms with van der Waals surface area (Å²) in [5.41, 5.74) is 1.55. The van der Waals surface area contributed by atoms with Crippen LogP contribution in [0.1, 0.15) is 10.5 Å². The maximum Gasteiger partial charge on any atom is 0.275 e. The summed E-state index contributed by atoms with van der Waals surface area (Å²) in [7, 11) is 0. The quantitative estimate of drug-likeness (QED) is 0.704. The van der Waals surface area contributed by atoms with Crippen molar-refractivity contribution in [2.45, 2.75) is 0 Å². The number of anilines is 3. The summed E-state index contributed by atoms with van der Waals surface area (Å²) in [6.45, 7) is 0. The first-order chi connectivity index (χ1) is 11.6. The van der Waals surface area contributed by atoms with Crippen LogP contribution in [0, 0.1) is 0 Å².